The van der Waals surface area contributed by atoms with Crippen molar-refractivity contribution < 1.29 is 36.4 Å². The molecule has 7 heteroatoms. The van der Waals surface area contributed by atoms with Gasteiger partial charge < -0.3 is 9.11 Å². The molecule has 0 heterocycles. The number of hydrogen-bond donors (Lipinski definition) is 0. The zero-order chi connectivity index (χ0) is 17.5. The largest absolute Gasteiger partial charge is 1.00 e. The van der Waals surface area contributed by atoms with Crippen molar-refractivity contribution in [2.24, 2.45) is 0 Å². The van der Waals surface area contributed by atoms with Crippen LogP contribution >= 0.6 is 7.26 Å². The maximum Gasteiger partial charge on any atom is 1.00 e. The van der Waals surface area contributed by atoms with E-state index in [-0.39, 0.29) is 18.9 Å². The summed E-state index contributed by atoms with van der Waals surface area (Å²) in [6.07, 6.45) is 17.9. The second-order valence-corrected chi connectivity index (χ2v) is 11.3. The average Bonchev–Trinajstić information content (AvgIpc) is 2.44. The van der Waals surface area contributed by atoms with E-state index in [1.165, 1.54) is 51.4 Å². The zero-order valence-corrected chi connectivity index (χ0v) is 17.7. The zero-order valence-electron chi connectivity index (χ0n) is 16.0. The Labute approximate surface area is 157 Å². The topological polar surface area (TPSA) is 80.3 Å². The Morgan fingerprint density at radius 1 is 0.652 bits per heavy atom. The van der Waals surface area contributed by atoms with Gasteiger partial charge in [-0.05, 0) is 25.7 Å². The smallest absolute Gasteiger partial charge is 0.759 e. The first-order chi connectivity index (χ1) is 10.2. The molecule has 0 aliphatic rings. The van der Waals surface area contributed by atoms with Crippen LogP contribution in [0.5, 0.6) is 0 Å². The van der Waals surface area contributed by atoms with Crippen molar-refractivity contribution in [2.75, 3.05) is 24.6 Å². The molecular formula is C16H36LiO4PS. The molecular weight excluding hydrogens is 326 g/mol. The number of hydrogen-bond acceptors (Lipinski definition) is 4. The fourth-order valence-corrected chi connectivity index (χ4v) is 7.93. The van der Waals surface area contributed by atoms with Crippen LogP contribution in [0.15, 0.2) is 0 Å². The number of rotatable bonds is 12. The van der Waals surface area contributed by atoms with Crippen molar-refractivity contribution in [1.29, 1.82) is 0 Å². The van der Waals surface area contributed by atoms with Gasteiger partial charge in [0, 0.05) is 17.7 Å². The van der Waals surface area contributed by atoms with Crippen LogP contribution in [-0.2, 0) is 10.4 Å². The molecule has 4 nitrogen and oxygen atoms in total. The van der Waals surface area contributed by atoms with Crippen LogP contribution < -0.4 is 18.9 Å². The minimum absolute atomic E-state index is 0. The molecule has 0 radical (unpaired) electrons. The summed E-state index contributed by atoms with van der Waals surface area (Å²) < 4.78 is 34.1. The van der Waals surface area contributed by atoms with Gasteiger partial charge in [-0.15, -0.1) is 0 Å². The van der Waals surface area contributed by atoms with Gasteiger partial charge in [0.25, 0.3) is 0 Å². The van der Waals surface area contributed by atoms with E-state index in [4.69, 9.17) is 17.5 Å². The summed E-state index contributed by atoms with van der Waals surface area (Å²) in [7, 11) is -5.73. The predicted octanol–water partition coefficient (Wildman–Crippen LogP) is 1.87. The third-order valence-electron chi connectivity index (χ3n) is 3.94. The molecule has 0 unspecified atom stereocenters. The van der Waals surface area contributed by atoms with Gasteiger partial charge in [0.05, 0.1) is 24.6 Å². The summed E-state index contributed by atoms with van der Waals surface area (Å²) in [5.41, 5.74) is 0. The summed E-state index contributed by atoms with van der Waals surface area (Å²) in [5.74, 6) is 0. The molecule has 0 saturated heterocycles. The third-order valence-corrected chi connectivity index (χ3v) is 9.00. The fourth-order valence-electron chi connectivity index (χ4n) is 2.64. The molecule has 0 atom stereocenters. The molecule has 0 aliphatic heterocycles. The van der Waals surface area contributed by atoms with Crippen LogP contribution in [0.25, 0.3) is 0 Å². The maximum atomic E-state index is 8.52. The molecule has 0 N–H and O–H groups in total. The van der Waals surface area contributed by atoms with Crippen molar-refractivity contribution in [2.45, 2.75) is 79.1 Å². The van der Waals surface area contributed by atoms with E-state index in [0.29, 0.717) is 0 Å². The Morgan fingerprint density at radius 2 is 0.826 bits per heavy atom. The maximum absolute atomic E-state index is 8.52. The minimum Gasteiger partial charge on any atom is -0.759 e. The third kappa shape index (κ3) is 22.9. The Hall–Kier alpha value is 0.897. The van der Waals surface area contributed by atoms with Crippen LogP contribution in [0, 0.1) is 0 Å². The van der Waals surface area contributed by atoms with E-state index in [1.807, 2.05) is 0 Å². The van der Waals surface area contributed by atoms with E-state index >= 15 is 0 Å². The van der Waals surface area contributed by atoms with Gasteiger partial charge in [0.15, 0.2) is 0 Å². The molecule has 0 aromatic rings. The summed E-state index contributed by atoms with van der Waals surface area (Å²) in [6, 6.07) is 0. The molecule has 0 aromatic heterocycles. The van der Waals surface area contributed by atoms with E-state index < -0.39 is 17.7 Å². The van der Waals surface area contributed by atoms with E-state index in [1.54, 1.807) is 24.6 Å². The van der Waals surface area contributed by atoms with Gasteiger partial charge in [-0.3, -0.25) is 8.42 Å². The molecule has 0 saturated carbocycles. The first kappa shape index (κ1) is 28.7. The molecule has 0 amide bonds. The molecule has 0 bridgehead atoms. The first-order valence-corrected chi connectivity index (χ1v) is 12.6. The summed E-state index contributed by atoms with van der Waals surface area (Å²) >= 11 is 0. The van der Waals surface area contributed by atoms with Gasteiger partial charge in [0.2, 0.25) is 0 Å². The van der Waals surface area contributed by atoms with Crippen LogP contribution in [0.3, 0.4) is 0 Å². The molecule has 0 rings (SSSR count). The van der Waals surface area contributed by atoms with Crippen LogP contribution in [0.1, 0.15) is 79.1 Å². The Bertz CT molecular complexity index is 291. The van der Waals surface area contributed by atoms with Crippen molar-refractivity contribution in [3.63, 3.8) is 0 Å². The Balaban J connectivity index is -0.000000578. The summed E-state index contributed by atoms with van der Waals surface area (Å²) in [6.45, 7) is 9.42. The summed E-state index contributed by atoms with van der Waals surface area (Å²) in [4.78, 5) is 0. The molecule has 0 spiro atoms. The normalized spacial score (nSPS) is 11.4. The summed E-state index contributed by atoms with van der Waals surface area (Å²) in [5, 5.41) is 0. The average molecular weight is 362 g/mol. The molecule has 0 aliphatic carbocycles. The Kier molecular flexibility index (Phi) is 22.1. The second-order valence-electron chi connectivity index (χ2n) is 6.06. The number of unbranched alkanes of at least 4 members (excludes halogenated alkanes) is 4. The van der Waals surface area contributed by atoms with Crippen molar-refractivity contribution >= 4 is 17.7 Å². The first-order valence-electron chi connectivity index (χ1n) is 8.76. The fraction of sp³-hybridized carbons (Fsp3) is 1.00. The van der Waals surface area contributed by atoms with Gasteiger partial charge in [0.1, 0.15) is 0 Å². The quantitative estimate of drug-likeness (QED) is 0.230. The van der Waals surface area contributed by atoms with Gasteiger partial charge >= 0.3 is 18.9 Å². The van der Waals surface area contributed by atoms with E-state index in [0.717, 1.165) is 0 Å². The van der Waals surface area contributed by atoms with Crippen molar-refractivity contribution in [3.05, 3.63) is 0 Å². The molecule has 0 fully saturated rings. The van der Waals surface area contributed by atoms with Crippen molar-refractivity contribution in [1.82, 2.24) is 0 Å². The van der Waals surface area contributed by atoms with Gasteiger partial charge in [-0.25, -0.2) is 0 Å². The molecule has 23 heavy (non-hydrogen) atoms. The van der Waals surface area contributed by atoms with Crippen molar-refractivity contribution in [3.8, 4) is 0 Å². The Morgan fingerprint density at radius 3 is 0.957 bits per heavy atom. The SMILES string of the molecule is CCCC[P+](CCCC)(CCCC)CCCC.O=S(=O)([O-])[O-].[Li+]. The van der Waals surface area contributed by atoms with Crippen LogP contribution in [-0.4, -0.2) is 42.2 Å². The standard InChI is InChI=1S/C16H36P.Li.H2O4S/c1-5-9-13-17(14-10-6-2,15-11-7-3)16-12-8-4;;1-5(2,3)4/h5-16H2,1-4H3;;(H2,1,2,3,4)/q2*+1;/p-2. The van der Waals surface area contributed by atoms with Gasteiger partial charge in [-0.2, -0.15) is 0 Å². The minimum atomic E-state index is -5.17. The van der Waals surface area contributed by atoms with Crippen LogP contribution in [0.4, 0.5) is 0 Å². The predicted molar refractivity (Wildman–Crippen MR) is 96.5 cm³/mol. The second kappa shape index (κ2) is 17.7. The molecule has 136 valence electrons. The van der Waals surface area contributed by atoms with E-state index in [9.17, 15) is 0 Å². The van der Waals surface area contributed by atoms with Gasteiger partial charge in [-0.1, -0.05) is 53.4 Å². The van der Waals surface area contributed by atoms with E-state index in [2.05, 4.69) is 27.7 Å². The monoisotopic (exact) mass is 362 g/mol. The molecule has 0 aromatic carbocycles. The van der Waals surface area contributed by atoms with Crippen LogP contribution in [0.2, 0.25) is 0 Å².